The number of carbonyl (C=O) groups is 1. The van der Waals surface area contributed by atoms with E-state index in [4.69, 9.17) is 4.42 Å². The van der Waals surface area contributed by atoms with Crippen molar-refractivity contribution in [1.29, 1.82) is 0 Å². The summed E-state index contributed by atoms with van der Waals surface area (Å²) in [4.78, 5) is 13.5. The molecular weight excluding hydrogens is 266 g/mol. The summed E-state index contributed by atoms with van der Waals surface area (Å²) < 4.78 is 5.20. The van der Waals surface area contributed by atoms with Crippen molar-refractivity contribution in [1.82, 2.24) is 0 Å². The molecule has 2 aromatic rings. The molecule has 21 heavy (non-hydrogen) atoms. The standard InChI is InChI=1S/C17H19NO3/c1-13(12-18(2)14-7-4-3-5-8-14)16(17(19)20)11-15-9-6-10-21-15/h3-11,13H,12H2,1-2H3,(H,19,20). The number of carboxylic acid groups (broad SMARTS) is 1. The lowest BCUT2D eigenvalue weighted by Crippen LogP contribution is -2.26. The van der Waals surface area contributed by atoms with Crippen LogP contribution in [0, 0.1) is 5.92 Å². The van der Waals surface area contributed by atoms with E-state index in [9.17, 15) is 9.90 Å². The molecule has 0 radical (unpaired) electrons. The molecule has 0 aliphatic carbocycles. The molecule has 0 amide bonds. The van der Waals surface area contributed by atoms with Gasteiger partial charge in [0.15, 0.2) is 0 Å². The minimum Gasteiger partial charge on any atom is -0.478 e. The minimum atomic E-state index is -0.916. The molecule has 0 aliphatic heterocycles. The van der Waals surface area contributed by atoms with Crippen molar-refractivity contribution in [2.45, 2.75) is 6.92 Å². The lowest BCUT2D eigenvalue weighted by Gasteiger charge is -2.23. The number of nitrogens with zero attached hydrogens (tertiary/aromatic N) is 1. The van der Waals surface area contributed by atoms with Crippen molar-refractivity contribution >= 4 is 17.7 Å². The van der Waals surface area contributed by atoms with Crippen LogP contribution in [0.1, 0.15) is 12.7 Å². The molecule has 110 valence electrons. The number of hydrogen-bond donors (Lipinski definition) is 1. The van der Waals surface area contributed by atoms with Gasteiger partial charge < -0.3 is 14.4 Å². The van der Waals surface area contributed by atoms with Gasteiger partial charge in [0.1, 0.15) is 5.76 Å². The first-order chi connectivity index (χ1) is 10.1. The van der Waals surface area contributed by atoms with Gasteiger partial charge in [0.05, 0.1) is 6.26 Å². The summed E-state index contributed by atoms with van der Waals surface area (Å²) in [5.41, 5.74) is 1.40. The van der Waals surface area contributed by atoms with E-state index in [1.807, 2.05) is 49.2 Å². The fourth-order valence-electron chi connectivity index (χ4n) is 2.24. The SMILES string of the molecule is CC(CN(C)c1ccccc1)C(=Cc1ccco1)C(=O)O. The lowest BCUT2D eigenvalue weighted by atomic mass is 9.99. The van der Waals surface area contributed by atoms with Crippen molar-refractivity contribution in [2.75, 3.05) is 18.5 Å². The number of hydrogen-bond acceptors (Lipinski definition) is 3. The monoisotopic (exact) mass is 285 g/mol. The van der Waals surface area contributed by atoms with Gasteiger partial charge in [-0.2, -0.15) is 0 Å². The van der Waals surface area contributed by atoms with Crippen LogP contribution < -0.4 is 4.90 Å². The number of benzene rings is 1. The van der Waals surface area contributed by atoms with Crippen LogP contribution in [-0.4, -0.2) is 24.7 Å². The van der Waals surface area contributed by atoms with Gasteiger partial charge in [-0.1, -0.05) is 25.1 Å². The average molecular weight is 285 g/mol. The molecule has 1 aromatic carbocycles. The summed E-state index contributed by atoms with van der Waals surface area (Å²) in [7, 11) is 1.96. The molecule has 1 N–H and O–H groups in total. The van der Waals surface area contributed by atoms with E-state index in [1.165, 1.54) is 6.26 Å². The molecule has 0 aliphatic rings. The molecule has 0 saturated carbocycles. The lowest BCUT2D eigenvalue weighted by molar-refractivity contribution is -0.133. The van der Waals surface area contributed by atoms with Gasteiger partial charge in [0.25, 0.3) is 0 Å². The Kier molecular flexibility index (Phi) is 4.82. The Morgan fingerprint density at radius 3 is 2.57 bits per heavy atom. The first-order valence-electron chi connectivity index (χ1n) is 6.82. The highest BCUT2D eigenvalue weighted by Crippen LogP contribution is 2.20. The second-order valence-electron chi connectivity index (χ2n) is 5.04. The van der Waals surface area contributed by atoms with Crippen molar-refractivity contribution in [3.8, 4) is 0 Å². The molecule has 0 spiro atoms. The molecule has 1 heterocycles. The number of anilines is 1. The Morgan fingerprint density at radius 2 is 2.00 bits per heavy atom. The van der Waals surface area contributed by atoms with E-state index in [-0.39, 0.29) is 5.92 Å². The first-order valence-corrected chi connectivity index (χ1v) is 6.82. The molecule has 1 aromatic heterocycles. The van der Waals surface area contributed by atoms with Crippen molar-refractivity contribution < 1.29 is 14.3 Å². The predicted octanol–water partition coefficient (Wildman–Crippen LogP) is 3.52. The summed E-state index contributed by atoms with van der Waals surface area (Å²) in [6.07, 6.45) is 3.12. The maximum atomic E-state index is 11.5. The number of carboxylic acids is 1. The summed E-state index contributed by atoms with van der Waals surface area (Å²) in [6, 6.07) is 13.4. The Hall–Kier alpha value is -2.49. The molecule has 0 bridgehead atoms. The molecule has 1 unspecified atom stereocenters. The van der Waals surface area contributed by atoms with Crippen molar-refractivity contribution in [2.24, 2.45) is 5.92 Å². The number of rotatable bonds is 6. The summed E-state index contributed by atoms with van der Waals surface area (Å²) in [5.74, 6) is -0.486. The fraction of sp³-hybridized carbons (Fsp3) is 0.235. The summed E-state index contributed by atoms with van der Waals surface area (Å²) in [6.45, 7) is 2.52. The third-order valence-electron chi connectivity index (χ3n) is 3.36. The largest absolute Gasteiger partial charge is 0.478 e. The summed E-state index contributed by atoms with van der Waals surface area (Å²) in [5, 5.41) is 9.40. The second kappa shape index (κ2) is 6.79. The smallest absolute Gasteiger partial charge is 0.332 e. The van der Waals surface area contributed by atoms with E-state index < -0.39 is 5.97 Å². The number of aliphatic carboxylic acids is 1. The minimum absolute atomic E-state index is 0.127. The maximum absolute atomic E-state index is 11.5. The average Bonchev–Trinajstić information content (AvgIpc) is 2.98. The van der Waals surface area contributed by atoms with Gasteiger partial charge in [-0.3, -0.25) is 0 Å². The highest BCUT2D eigenvalue weighted by atomic mass is 16.4. The molecule has 2 rings (SSSR count). The highest BCUT2D eigenvalue weighted by molar-refractivity contribution is 5.92. The molecule has 1 atom stereocenters. The Balaban J connectivity index is 2.13. The zero-order valence-corrected chi connectivity index (χ0v) is 12.2. The maximum Gasteiger partial charge on any atom is 0.332 e. The van der Waals surface area contributed by atoms with Gasteiger partial charge in [0.2, 0.25) is 0 Å². The normalized spacial score (nSPS) is 13.0. The zero-order chi connectivity index (χ0) is 15.2. The Morgan fingerprint density at radius 1 is 1.29 bits per heavy atom. The van der Waals surface area contributed by atoms with Crippen LogP contribution in [0.15, 0.2) is 58.7 Å². The Bertz CT molecular complexity index is 602. The molecule has 0 saturated heterocycles. The topological polar surface area (TPSA) is 53.7 Å². The van der Waals surface area contributed by atoms with Gasteiger partial charge in [-0.25, -0.2) is 4.79 Å². The van der Waals surface area contributed by atoms with Crippen LogP contribution in [0.3, 0.4) is 0 Å². The molecule has 4 heteroatoms. The van der Waals surface area contributed by atoms with E-state index in [0.29, 0.717) is 17.9 Å². The quantitative estimate of drug-likeness (QED) is 0.825. The number of para-hydroxylation sites is 1. The van der Waals surface area contributed by atoms with Gasteiger partial charge >= 0.3 is 5.97 Å². The van der Waals surface area contributed by atoms with E-state index in [0.717, 1.165) is 5.69 Å². The molecule has 4 nitrogen and oxygen atoms in total. The van der Waals surface area contributed by atoms with Crippen LogP contribution in [-0.2, 0) is 4.79 Å². The van der Waals surface area contributed by atoms with E-state index >= 15 is 0 Å². The molecular formula is C17H19NO3. The van der Waals surface area contributed by atoms with Gasteiger partial charge in [0, 0.05) is 30.8 Å². The summed E-state index contributed by atoms with van der Waals surface area (Å²) >= 11 is 0. The number of furan rings is 1. The van der Waals surface area contributed by atoms with Crippen LogP contribution in [0.4, 0.5) is 5.69 Å². The van der Waals surface area contributed by atoms with Crippen LogP contribution >= 0.6 is 0 Å². The Labute approximate surface area is 124 Å². The van der Waals surface area contributed by atoms with Gasteiger partial charge in [-0.05, 0) is 30.3 Å². The van der Waals surface area contributed by atoms with E-state index in [2.05, 4.69) is 0 Å². The highest BCUT2D eigenvalue weighted by Gasteiger charge is 2.18. The van der Waals surface area contributed by atoms with Crippen LogP contribution in [0.5, 0.6) is 0 Å². The zero-order valence-electron chi connectivity index (χ0n) is 12.2. The second-order valence-corrected chi connectivity index (χ2v) is 5.04. The van der Waals surface area contributed by atoms with E-state index in [1.54, 1.807) is 18.2 Å². The van der Waals surface area contributed by atoms with Crippen molar-refractivity contribution in [3.63, 3.8) is 0 Å². The first kappa shape index (κ1) is 14.9. The predicted molar refractivity (Wildman–Crippen MR) is 83.2 cm³/mol. The fourth-order valence-corrected chi connectivity index (χ4v) is 2.24. The third-order valence-corrected chi connectivity index (χ3v) is 3.36. The van der Waals surface area contributed by atoms with Crippen LogP contribution in [0.2, 0.25) is 0 Å². The molecule has 0 fully saturated rings. The third kappa shape index (κ3) is 3.99. The van der Waals surface area contributed by atoms with Gasteiger partial charge in [-0.15, -0.1) is 0 Å². The van der Waals surface area contributed by atoms with Crippen LogP contribution in [0.25, 0.3) is 6.08 Å². The van der Waals surface area contributed by atoms with Crippen molar-refractivity contribution in [3.05, 3.63) is 60.1 Å².